The highest BCUT2D eigenvalue weighted by atomic mass is 16.5. The third-order valence-electron chi connectivity index (χ3n) is 3.02. The number of Topliss-reactive ketones (excluding diaryl/α,β-unsaturated/α-hetero) is 1. The van der Waals surface area contributed by atoms with Crippen LogP contribution in [0.5, 0.6) is 0 Å². The molecule has 0 rings (SSSR count). The molecule has 18 heavy (non-hydrogen) atoms. The average molecular weight is 258 g/mol. The second-order valence-electron chi connectivity index (χ2n) is 4.56. The first-order chi connectivity index (χ1) is 8.46. The van der Waals surface area contributed by atoms with Crippen LogP contribution in [0.4, 0.5) is 4.79 Å². The number of ketones is 1. The molecule has 0 saturated carbocycles. The molecule has 0 aliphatic rings. The topological polar surface area (TPSA) is 58.6 Å². The highest BCUT2D eigenvalue weighted by Crippen LogP contribution is 2.05. The van der Waals surface area contributed by atoms with Crippen LogP contribution in [0.2, 0.25) is 0 Å². The van der Waals surface area contributed by atoms with Crippen molar-refractivity contribution in [3.63, 3.8) is 0 Å². The SMILES string of the molecule is CCN(CC)CCC(NC(=O)OC)C(=O)C(C)C. The fraction of sp³-hybridized carbons (Fsp3) is 0.846. The van der Waals surface area contributed by atoms with E-state index in [1.54, 1.807) is 0 Å². The molecule has 0 aromatic carbocycles. The summed E-state index contributed by atoms with van der Waals surface area (Å²) >= 11 is 0. The normalized spacial score (nSPS) is 12.6. The molecule has 0 aliphatic carbocycles. The Morgan fingerprint density at radius 1 is 1.22 bits per heavy atom. The zero-order valence-electron chi connectivity index (χ0n) is 12.2. The molecule has 1 atom stereocenters. The quantitative estimate of drug-likeness (QED) is 0.719. The molecule has 0 heterocycles. The van der Waals surface area contributed by atoms with Crippen molar-refractivity contribution in [1.29, 1.82) is 0 Å². The Labute approximate surface area is 110 Å². The van der Waals surface area contributed by atoms with Gasteiger partial charge in [0.15, 0.2) is 5.78 Å². The lowest BCUT2D eigenvalue weighted by atomic mass is 9.99. The van der Waals surface area contributed by atoms with Gasteiger partial charge in [0.25, 0.3) is 0 Å². The van der Waals surface area contributed by atoms with Crippen molar-refractivity contribution in [3.05, 3.63) is 0 Å². The molecule has 0 aromatic rings. The van der Waals surface area contributed by atoms with Crippen LogP contribution in [0, 0.1) is 5.92 Å². The molecule has 106 valence electrons. The van der Waals surface area contributed by atoms with Gasteiger partial charge in [-0.25, -0.2) is 4.79 Å². The van der Waals surface area contributed by atoms with Crippen molar-refractivity contribution in [3.8, 4) is 0 Å². The molecule has 5 heteroatoms. The van der Waals surface area contributed by atoms with Gasteiger partial charge in [0.2, 0.25) is 0 Å². The van der Waals surface area contributed by atoms with Gasteiger partial charge in [0.05, 0.1) is 13.2 Å². The van der Waals surface area contributed by atoms with Crippen LogP contribution in [-0.4, -0.2) is 49.6 Å². The summed E-state index contributed by atoms with van der Waals surface area (Å²) in [6, 6.07) is -0.460. The maximum Gasteiger partial charge on any atom is 0.407 e. The zero-order chi connectivity index (χ0) is 14.1. The van der Waals surface area contributed by atoms with E-state index < -0.39 is 12.1 Å². The third kappa shape index (κ3) is 6.00. The Bertz CT molecular complexity index is 263. The molecule has 0 aliphatic heterocycles. The van der Waals surface area contributed by atoms with Crippen molar-refractivity contribution in [2.24, 2.45) is 5.92 Å². The summed E-state index contributed by atoms with van der Waals surface area (Å²) in [6.45, 7) is 10.5. The average Bonchev–Trinajstić information content (AvgIpc) is 2.37. The molecular weight excluding hydrogens is 232 g/mol. The number of amides is 1. The number of methoxy groups -OCH3 is 1. The van der Waals surface area contributed by atoms with Crippen molar-refractivity contribution in [2.75, 3.05) is 26.7 Å². The number of hydrogen-bond acceptors (Lipinski definition) is 4. The molecule has 0 aromatic heterocycles. The Kier molecular flexibility index (Phi) is 8.37. The van der Waals surface area contributed by atoms with Crippen LogP contribution in [0.3, 0.4) is 0 Å². The van der Waals surface area contributed by atoms with Crippen LogP contribution in [0.1, 0.15) is 34.1 Å². The van der Waals surface area contributed by atoms with Gasteiger partial charge in [-0.05, 0) is 19.5 Å². The van der Waals surface area contributed by atoms with E-state index in [2.05, 4.69) is 28.8 Å². The summed E-state index contributed by atoms with van der Waals surface area (Å²) in [6.07, 6.45) is 0.0712. The number of carbonyl (C=O) groups excluding carboxylic acids is 2. The standard InChI is InChI=1S/C13H26N2O3/c1-6-15(7-2)9-8-11(12(16)10(3)4)14-13(17)18-5/h10-11H,6-9H2,1-5H3,(H,14,17). The molecule has 1 amide bonds. The summed E-state index contributed by atoms with van der Waals surface area (Å²) < 4.78 is 4.55. The lowest BCUT2D eigenvalue weighted by Crippen LogP contribution is -2.44. The van der Waals surface area contributed by atoms with Gasteiger partial charge in [0, 0.05) is 12.5 Å². The number of nitrogens with one attached hydrogen (secondary N) is 1. The Morgan fingerprint density at radius 3 is 2.17 bits per heavy atom. The minimum atomic E-state index is -0.548. The first-order valence-corrected chi connectivity index (χ1v) is 6.56. The van der Waals surface area contributed by atoms with Gasteiger partial charge in [-0.15, -0.1) is 0 Å². The van der Waals surface area contributed by atoms with Gasteiger partial charge in [-0.1, -0.05) is 27.7 Å². The van der Waals surface area contributed by atoms with Crippen LogP contribution in [0.25, 0.3) is 0 Å². The molecule has 0 fully saturated rings. The first kappa shape index (κ1) is 16.9. The molecular formula is C13H26N2O3. The summed E-state index contributed by atoms with van der Waals surface area (Å²) in [4.78, 5) is 25.5. The fourth-order valence-corrected chi connectivity index (χ4v) is 1.74. The predicted molar refractivity (Wildman–Crippen MR) is 71.6 cm³/mol. The third-order valence-corrected chi connectivity index (χ3v) is 3.02. The van der Waals surface area contributed by atoms with Crippen molar-refractivity contribution in [2.45, 2.75) is 40.2 Å². The van der Waals surface area contributed by atoms with Gasteiger partial charge in [-0.3, -0.25) is 4.79 Å². The van der Waals surface area contributed by atoms with E-state index in [4.69, 9.17) is 0 Å². The Balaban J connectivity index is 4.47. The predicted octanol–water partition coefficient (Wildman–Crippen LogP) is 1.67. The number of alkyl carbamates (subject to hydrolysis) is 1. The second kappa shape index (κ2) is 8.91. The summed E-state index contributed by atoms with van der Waals surface area (Å²) in [5, 5.41) is 2.61. The highest BCUT2D eigenvalue weighted by Gasteiger charge is 2.23. The Hall–Kier alpha value is -1.10. The van der Waals surface area contributed by atoms with Gasteiger partial charge in [0.1, 0.15) is 0 Å². The van der Waals surface area contributed by atoms with E-state index in [-0.39, 0.29) is 11.7 Å². The van der Waals surface area contributed by atoms with Crippen molar-refractivity contribution >= 4 is 11.9 Å². The number of ether oxygens (including phenoxy) is 1. The monoisotopic (exact) mass is 258 g/mol. The number of nitrogens with zero attached hydrogens (tertiary/aromatic N) is 1. The van der Waals surface area contributed by atoms with E-state index in [9.17, 15) is 9.59 Å². The molecule has 1 unspecified atom stereocenters. The van der Waals surface area contributed by atoms with E-state index in [0.717, 1.165) is 19.6 Å². The summed E-state index contributed by atoms with van der Waals surface area (Å²) in [7, 11) is 1.30. The van der Waals surface area contributed by atoms with Crippen LogP contribution in [0.15, 0.2) is 0 Å². The molecule has 0 bridgehead atoms. The fourth-order valence-electron chi connectivity index (χ4n) is 1.74. The lowest BCUT2D eigenvalue weighted by molar-refractivity contribution is -0.124. The van der Waals surface area contributed by atoms with Crippen molar-refractivity contribution in [1.82, 2.24) is 10.2 Å². The van der Waals surface area contributed by atoms with Crippen LogP contribution < -0.4 is 5.32 Å². The van der Waals surface area contributed by atoms with Crippen molar-refractivity contribution < 1.29 is 14.3 Å². The largest absolute Gasteiger partial charge is 0.453 e. The molecule has 0 radical (unpaired) electrons. The van der Waals surface area contributed by atoms with Crippen LogP contribution >= 0.6 is 0 Å². The number of hydrogen-bond donors (Lipinski definition) is 1. The molecule has 1 N–H and O–H groups in total. The van der Waals surface area contributed by atoms with E-state index >= 15 is 0 Å². The highest BCUT2D eigenvalue weighted by molar-refractivity contribution is 5.88. The van der Waals surface area contributed by atoms with E-state index in [0.29, 0.717) is 6.42 Å². The van der Waals surface area contributed by atoms with Gasteiger partial charge < -0.3 is 15.0 Å². The lowest BCUT2D eigenvalue weighted by Gasteiger charge is -2.23. The second-order valence-corrected chi connectivity index (χ2v) is 4.56. The Morgan fingerprint density at radius 2 is 1.78 bits per heavy atom. The molecule has 5 nitrogen and oxygen atoms in total. The summed E-state index contributed by atoms with van der Waals surface area (Å²) in [5.41, 5.74) is 0. The van der Waals surface area contributed by atoms with E-state index in [1.165, 1.54) is 7.11 Å². The van der Waals surface area contributed by atoms with E-state index in [1.807, 2.05) is 13.8 Å². The summed E-state index contributed by atoms with van der Waals surface area (Å²) in [5.74, 6) is -0.0450. The minimum Gasteiger partial charge on any atom is -0.453 e. The smallest absolute Gasteiger partial charge is 0.407 e. The van der Waals surface area contributed by atoms with Crippen LogP contribution in [-0.2, 0) is 9.53 Å². The zero-order valence-corrected chi connectivity index (χ0v) is 12.2. The molecule has 0 saturated heterocycles. The minimum absolute atomic E-state index is 0.0487. The first-order valence-electron chi connectivity index (χ1n) is 6.56. The van der Waals surface area contributed by atoms with Gasteiger partial charge in [-0.2, -0.15) is 0 Å². The maximum absolute atomic E-state index is 12.0. The number of carbonyl (C=O) groups is 2. The maximum atomic E-state index is 12.0. The molecule has 0 spiro atoms. The van der Waals surface area contributed by atoms with Gasteiger partial charge >= 0.3 is 6.09 Å². The number of rotatable bonds is 8.